The summed E-state index contributed by atoms with van der Waals surface area (Å²) in [5.74, 6) is 0. The van der Waals surface area contributed by atoms with Crippen LogP contribution in [0.5, 0.6) is 0 Å². The molecule has 0 saturated carbocycles. The molecule has 0 spiro atoms. The number of rotatable bonds is 3. The van der Waals surface area contributed by atoms with Crippen LogP contribution in [0.25, 0.3) is 0 Å². The molecule has 0 aromatic carbocycles. The van der Waals surface area contributed by atoms with Crippen molar-refractivity contribution >= 4 is 11.3 Å². The quantitative estimate of drug-likeness (QED) is 0.913. The van der Waals surface area contributed by atoms with Crippen molar-refractivity contribution in [3.8, 4) is 0 Å². The molecule has 2 nitrogen and oxygen atoms in total. The van der Waals surface area contributed by atoms with Crippen LogP contribution in [0.15, 0.2) is 6.07 Å². The molecular formula is C16H24N2S. The molecule has 19 heavy (non-hydrogen) atoms. The van der Waals surface area contributed by atoms with Gasteiger partial charge in [-0.25, -0.2) is 0 Å². The number of hydrogen-bond acceptors (Lipinski definition) is 3. The topological polar surface area (TPSA) is 15.3 Å². The Hall–Kier alpha value is -0.380. The zero-order valence-electron chi connectivity index (χ0n) is 11.7. The fourth-order valence-electron chi connectivity index (χ4n) is 4.19. The summed E-state index contributed by atoms with van der Waals surface area (Å²) in [7, 11) is 0. The molecule has 0 bridgehead atoms. The summed E-state index contributed by atoms with van der Waals surface area (Å²) in [5, 5.41) is 3.85. The molecule has 1 aromatic rings. The third kappa shape index (κ3) is 2.37. The summed E-state index contributed by atoms with van der Waals surface area (Å²) in [6.07, 6.45) is 9.67. The van der Waals surface area contributed by atoms with E-state index in [9.17, 15) is 0 Å². The van der Waals surface area contributed by atoms with Gasteiger partial charge in [-0.3, -0.25) is 4.90 Å². The van der Waals surface area contributed by atoms with Crippen molar-refractivity contribution in [1.29, 1.82) is 0 Å². The average Bonchev–Trinajstić information content (AvgIpc) is 3.10. The summed E-state index contributed by atoms with van der Waals surface area (Å²) in [6.45, 7) is 3.77. The highest BCUT2D eigenvalue weighted by atomic mass is 32.1. The lowest BCUT2D eigenvalue weighted by Crippen LogP contribution is -2.44. The van der Waals surface area contributed by atoms with Crippen LogP contribution < -0.4 is 5.32 Å². The van der Waals surface area contributed by atoms with Gasteiger partial charge in [-0.2, -0.15) is 0 Å². The number of aryl methyl sites for hydroxylation is 2. The standard InChI is InChI=1S/C16H24N2S/c1-2-8-18-9-7-14(15(18)5-1)17-11-13-10-12-4-3-6-16(12)19-13/h10,14-15,17H,1-9,11H2. The van der Waals surface area contributed by atoms with E-state index in [4.69, 9.17) is 0 Å². The highest BCUT2D eigenvalue weighted by Crippen LogP contribution is 2.31. The molecule has 2 fully saturated rings. The third-order valence-electron chi connectivity index (χ3n) is 5.19. The summed E-state index contributed by atoms with van der Waals surface area (Å²) in [6, 6.07) is 4.05. The Kier molecular flexibility index (Phi) is 3.38. The molecular weight excluding hydrogens is 252 g/mol. The van der Waals surface area contributed by atoms with Crippen LogP contribution in [0.4, 0.5) is 0 Å². The molecule has 4 rings (SSSR count). The summed E-state index contributed by atoms with van der Waals surface area (Å²) in [5.41, 5.74) is 1.65. The molecule has 1 N–H and O–H groups in total. The summed E-state index contributed by atoms with van der Waals surface area (Å²) >= 11 is 2.06. The maximum atomic E-state index is 3.85. The van der Waals surface area contributed by atoms with Gasteiger partial charge >= 0.3 is 0 Å². The van der Waals surface area contributed by atoms with Crippen molar-refractivity contribution in [2.24, 2.45) is 0 Å². The normalized spacial score (nSPS) is 30.5. The molecule has 0 amide bonds. The molecule has 0 radical (unpaired) electrons. The molecule has 2 atom stereocenters. The fraction of sp³-hybridized carbons (Fsp3) is 0.750. The molecule has 2 aliphatic heterocycles. The van der Waals surface area contributed by atoms with Gasteiger partial charge in [-0.05, 0) is 56.7 Å². The van der Waals surface area contributed by atoms with E-state index in [1.54, 1.807) is 15.3 Å². The first-order valence-corrected chi connectivity index (χ1v) is 8.80. The SMILES string of the molecule is c1c(CNC2CCN3CCCCC23)sc2c1CCC2. The van der Waals surface area contributed by atoms with Crippen LogP contribution in [-0.2, 0) is 19.4 Å². The third-order valence-corrected chi connectivity index (χ3v) is 6.43. The number of nitrogens with zero attached hydrogens (tertiary/aromatic N) is 1. The largest absolute Gasteiger partial charge is 0.307 e. The van der Waals surface area contributed by atoms with Gasteiger partial charge in [0.1, 0.15) is 0 Å². The fourth-order valence-corrected chi connectivity index (χ4v) is 5.41. The Bertz CT molecular complexity index is 432. The molecule has 3 heterocycles. The van der Waals surface area contributed by atoms with Crippen molar-refractivity contribution in [3.05, 3.63) is 21.4 Å². The van der Waals surface area contributed by atoms with Gasteiger partial charge in [0.25, 0.3) is 0 Å². The van der Waals surface area contributed by atoms with Gasteiger partial charge in [-0.1, -0.05) is 6.42 Å². The van der Waals surface area contributed by atoms with E-state index in [0.29, 0.717) is 0 Å². The second kappa shape index (κ2) is 5.19. The molecule has 104 valence electrons. The molecule has 1 aromatic heterocycles. The van der Waals surface area contributed by atoms with Crippen LogP contribution >= 0.6 is 11.3 Å². The minimum absolute atomic E-state index is 0.747. The second-order valence-electron chi connectivity index (χ2n) is 6.39. The summed E-state index contributed by atoms with van der Waals surface area (Å²) in [4.78, 5) is 5.96. The van der Waals surface area contributed by atoms with E-state index < -0.39 is 0 Å². The van der Waals surface area contributed by atoms with Crippen molar-refractivity contribution in [3.63, 3.8) is 0 Å². The van der Waals surface area contributed by atoms with E-state index in [2.05, 4.69) is 27.6 Å². The van der Waals surface area contributed by atoms with E-state index in [1.807, 2.05) is 0 Å². The van der Waals surface area contributed by atoms with Gasteiger partial charge < -0.3 is 5.32 Å². The lowest BCUT2D eigenvalue weighted by atomic mass is 9.99. The number of thiophene rings is 1. The minimum atomic E-state index is 0.747. The Morgan fingerprint density at radius 3 is 3.11 bits per heavy atom. The first kappa shape index (κ1) is 12.4. The Balaban J connectivity index is 1.36. The number of hydrogen-bond donors (Lipinski definition) is 1. The molecule has 2 unspecified atom stereocenters. The Morgan fingerprint density at radius 1 is 1.16 bits per heavy atom. The van der Waals surface area contributed by atoms with Gasteiger partial charge in [-0.15, -0.1) is 11.3 Å². The number of nitrogens with one attached hydrogen (secondary N) is 1. The second-order valence-corrected chi connectivity index (χ2v) is 7.61. The van der Waals surface area contributed by atoms with E-state index in [1.165, 1.54) is 58.0 Å². The van der Waals surface area contributed by atoms with Crippen molar-refractivity contribution < 1.29 is 0 Å². The van der Waals surface area contributed by atoms with Crippen LogP contribution in [-0.4, -0.2) is 30.1 Å². The maximum Gasteiger partial charge on any atom is 0.0303 e. The van der Waals surface area contributed by atoms with Crippen molar-refractivity contribution in [2.45, 2.75) is 63.6 Å². The van der Waals surface area contributed by atoms with Crippen LogP contribution in [0.2, 0.25) is 0 Å². The first-order chi connectivity index (χ1) is 9.40. The van der Waals surface area contributed by atoms with Gasteiger partial charge in [0, 0.05) is 34.9 Å². The zero-order valence-corrected chi connectivity index (χ0v) is 12.5. The van der Waals surface area contributed by atoms with Gasteiger partial charge in [0.05, 0.1) is 0 Å². The number of piperidine rings is 1. The van der Waals surface area contributed by atoms with E-state index in [-0.39, 0.29) is 0 Å². The number of fused-ring (bicyclic) bond motifs is 2. The zero-order chi connectivity index (χ0) is 12.7. The van der Waals surface area contributed by atoms with Crippen molar-refractivity contribution in [1.82, 2.24) is 10.2 Å². The van der Waals surface area contributed by atoms with Crippen LogP contribution in [0.1, 0.15) is 47.4 Å². The monoisotopic (exact) mass is 276 g/mol. The molecule has 3 heteroatoms. The predicted molar refractivity (Wildman–Crippen MR) is 80.8 cm³/mol. The lowest BCUT2D eigenvalue weighted by molar-refractivity contribution is 0.180. The van der Waals surface area contributed by atoms with E-state index in [0.717, 1.165) is 18.6 Å². The Labute approximate surface area is 120 Å². The first-order valence-electron chi connectivity index (χ1n) is 7.98. The van der Waals surface area contributed by atoms with Crippen molar-refractivity contribution in [2.75, 3.05) is 13.1 Å². The smallest absolute Gasteiger partial charge is 0.0303 e. The average molecular weight is 276 g/mol. The Morgan fingerprint density at radius 2 is 2.16 bits per heavy atom. The van der Waals surface area contributed by atoms with Crippen LogP contribution in [0, 0.1) is 0 Å². The summed E-state index contributed by atoms with van der Waals surface area (Å²) < 4.78 is 0. The van der Waals surface area contributed by atoms with E-state index >= 15 is 0 Å². The van der Waals surface area contributed by atoms with Gasteiger partial charge in [0.2, 0.25) is 0 Å². The maximum absolute atomic E-state index is 3.85. The predicted octanol–water partition coefficient (Wildman–Crippen LogP) is 2.95. The lowest BCUT2D eigenvalue weighted by Gasteiger charge is -2.32. The van der Waals surface area contributed by atoms with Gasteiger partial charge in [0.15, 0.2) is 0 Å². The molecule has 2 saturated heterocycles. The minimum Gasteiger partial charge on any atom is -0.307 e. The highest BCUT2D eigenvalue weighted by Gasteiger charge is 2.35. The molecule has 1 aliphatic carbocycles. The van der Waals surface area contributed by atoms with Crippen LogP contribution in [0.3, 0.4) is 0 Å². The highest BCUT2D eigenvalue weighted by molar-refractivity contribution is 7.12. The molecule has 3 aliphatic rings.